The van der Waals surface area contributed by atoms with Crippen LogP contribution in [0.2, 0.25) is 0 Å². The maximum Gasteiger partial charge on any atom is 0.341 e. The summed E-state index contributed by atoms with van der Waals surface area (Å²) in [7, 11) is 0. The fraction of sp³-hybridized carbons (Fsp3) is 0.130. The van der Waals surface area contributed by atoms with Crippen LogP contribution in [-0.2, 0) is 4.79 Å². The minimum absolute atomic E-state index is 0.196. The second-order valence-electron chi connectivity index (χ2n) is 6.75. The molecule has 1 fully saturated rings. The summed E-state index contributed by atoms with van der Waals surface area (Å²) < 4.78 is 0. The molecule has 3 amide bonds. The van der Waals surface area contributed by atoms with Gasteiger partial charge in [-0.2, -0.15) is 0 Å². The SMILES string of the molecule is CSc1ccc(NC(=O)N2NC(=O)C(c3ccccc3)C2c2ccccc2)cc1. The lowest BCUT2D eigenvalue weighted by Gasteiger charge is -2.26. The van der Waals surface area contributed by atoms with E-state index in [1.807, 2.05) is 91.2 Å². The van der Waals surface area contributed by atoms with Gasteiger partial charge in [0.2, 0.25) is 5.91 Å². The van der Waals surface area contributed by atoms with Gasteiger partial charge >= 0.3 is 6.03 Å². The van der Waals surface area contributed by atoms with Crippen LogP contribution in [0.25, 0.3) is 0 Å². The summed E-state index contributed by atoms with van der Waals surface area (Å²) in [4.78, 5) is 27.1. The number of nitrogens with one attached hydrogen (secondary N) is 2. The molecule has 146 valence electrons. The molecule has 0 spiro atoms. The topological polar surface area (TPSA) is 61.4 Å². The molecule has 0 saturated carbocycles. The lowest BCUT2D eigenvalue weighted by atomic mass is 9.87. The molecule has 1 aliphatic heterocycles. The van der Waals surface area contributed by atoms with E-state index >= 15 is 0 Å². The van der Waals surface area contributed by atoms with Crippen LogP contribution in [0.4, 0.5) is 10.5 Å². The number of carbonyl (C=O) groups excluding carboxylic acids is 2. The number of hydrogen-bond acceptors (Lipinski definition) is 3. The van der Waals surface area contributed by atoms with Gasteiger partial charge in [-0.25, -0.2) is 9.80 Å². The first-order chi connectivity index (χ1) is 14.2. The zero-order valence-electron chi connectivity index (χ0n) is 15.9. The maximum atomic E-state index is 13.1. The fourth-order valence-electron chi connectivity index (χ4n) is 3.57. The summed E-state index contributed by atoms with van der Waals surface area (Å²) in [6, 6.07) is 26.0. The van der Waals surface area contributed by atoms with Crippen molar-refractivity contribution in [2.75, 3.05) is 11.6 Å². The minimum atomic E-state index is -0.483. The standard InChI is InChI=1S/C23H21N3O2S/c1-29-19-14-12-18(13-15-19)24-23(28)26-21(17-10-6-3-7-11-17)20(22(27)25-26)16-8-4-2-5-9-16/h2-15,20-21H,1H3,(H,24,28)(H,25,27). The number of anilines is 1. The molecule has 2 N–H and O–H groups in total. The summed E-state index contributed by atoms with van der Waals surface area (Å²) >= 11 is 1.64. The Morgan fingerprint density at radius 1 is 0.897 bits per heavy atom. The number of amides is 3. The first-order valence-corrected chi connectivity index (χ1v) is 10.5. The molecule has 0 aromatic heterocycles. The number of nitrogens with zero attached hydrogens (tertiary/aromatic N) is 1. The second kappa shape index (κ2) is 8.41. The molecule has 2 unspecified atom stereocenters. The smallest absolute Gasteiger partial charge is 0.306 e. The van der Waals surface area contributed by atoms with Crippen molar-refractivity contribution in [1.29, 1.82) is 0 Å². The number of urea groups is 1. The molecule has 29 heavy (non-hydrogen) atoms. The quantitative estimate of drug-likeness (QED) is 0.615. The van der Waals surface area contributed by atoms with Crippen molar-refractivity contribution >= 4 is 29.4 Å². The highest BCUT2D eigenvalue weighted by Crippen LogP contribution is 2.39. The Morgan fingerprint density at radius 2 is 1.48 bits per heavy atom. The van der Waals surface area contributed by atoms with E-state index in [9.17, 15) is 9.59 Å². The van der Waals surface area contributed by atoms with Gasteiger partial charge < -0.3 is 5.32 Å². The van der Waals surface area contributed by atoms with Crippen molar-refractivity contribution in [2.45, 2.75) is 16.9 Å². The molecule has 0 aliphatic carbocycles. The van der Waals surface area contributed by atoms with Crippen LogP contribution in [0.1, 0.15) is 23.1 Å². The Labute approximate surface area is 174 Å². The molecule has 6 heteroatoms. The minimum Gasteiger partial charge on any atom is -0.306 e. The molecule has 2 atom stereocenters. The van der Waals surface area contributed by atoms with Gasteiger partial charge in [-0.1, -0.05) is 60.7 Å². The fourth-order valence-corrected chi connectivity index (χ4v) is 3.98. The molecule has 1 saturated heterocycles. The van der Waals surface area contributed by atoms with E-state index in [1.165, 1.54) is 5.01 Å². The monoisotopic (exact) mass is 403 g/mol. The second-order valence-corrected chi connectivity index (χ2v) is 7.63. The van der Waals surface area contributed by atoms with Crippen LogP contribution in [0.15, 0.2) is 89.8 Å². The van der Waals surface area contributed by atoms with Gasteiger partial charge in [0.15, 0.2) is 0 Å². The van der Waals surface area contributed by atoms with Crippen LogP contribution in [-0.4, -0.2) is 23.2 Å². The third-order valence-electron chi connectivity index (χ3n) is 4.97. The molecule has 4 rings (SSSR count). The van der Waals surface area contributed by atoms with Gasteiger partial charge in [-0.3, -0.25) is 10.2 Å². The average molecular weight is 404 g/mol. The number of hydrazine groups is 1. The molecule has 5 nitrogen and oxygen atoms in total. The summed E-state index contributed by atoms with van der Waals surface area (Å²) in [5.41, 5.74) is 5.22. The van der Waals surface area contributed by atoms with E-state index in [0.717, 1.165) is 16.0 Å². The Bertz CT molecular complexity index is 994. The number of hydrogen-bond donors (Lipinski definition) is 2. The maximum absolute atomic E-state index is 13.1. The summed E-state index contributed by atoms with van der Waals surface area (Å²) in [6.07, 6.45) is 2.00. The molecular formula is C23H21N3O2S. The highest BCUT2D eigenvalue weighted by molar-refractivity contribution is 7.98. The van der Waals surface area contributed by atoms with Crippen LogP contribution >= 0.6 is 11.8 Å². The van der Waals surface area contributed by atoms with Gasteiger partial charge in [0.1, 0.15) is 0 Å². The first kappa shape index (κ1) is 19.1. The lowest BCUT2D eigenvalue weighted by molar-refractivity contribution is -0.121. The summed E-state index contributed by atoms with van der Waals surface area (Å²) in [5, 5.41) is 4.29. The number of thioether (sulfide) groups is 1. The summed E-state index contributed by atoms with van der Waals surface area (Å²) in [6.45, 7) is 0. The van der Waals surface area contributed by atoms with Crippen molar-refractivity contribution in [3.63, 3.8) is 0 Å². The van der Waals surface area contributed by atoms with Crippen molar-refractivity contribution < 1.29 is 9.59 Å². The Balaban J connectivity index is 1.65. The lowest BCUT2D eigenvalue weighted by Crippen LogP contribution is -2.42. The van der Waals surface area contributed by atoms with Crippen molar-refractivity contribution in [3.8, 4) is 0 Å². The Morgan fingerprint density at radius 3 is 2.07 bits per heavy atom. The molecule has 3 aromatic rings. The zero-order valence-corrected chi connectivity index (χ0v) is 16.7. The molecule has 1 heterocycles. The predicted molar refractivity (Wildman–Crippen MR) is 116 cm³/mol. The highest BCUT2D eigenvalue weighted by atomic mass is 32.2. The summed E-state index contributed by atoms with van der Waals surface area (Å²) in [5.74, 6) is -0.679. The molecular weight excluding hydrogens is 382 g/mol. The Hall–Kier alpha value is -3.25. The molecule has 0 bridgehead atoms. The van der Waals surface area contributed by atoms with Crippen LogP contribution in [0, 0.1) is 0 Å². The average Bonchev–Trinajstić information content (AvgIpc) is 3.13. The molecule has 1 aliphatic rings. The third-order valence-corrected chi connectivity index (χ3v) is 5.71. The van der Waals surface area contributed by atoms with Gasteiger partial charge in [0.05, 0.1) is 12.0 Å². The Kier molecular flexibility index (Phi) is 5.53. The number of rotatable bonds is 4. The third kappa shape index (κ3) is 3.98. The van der Waals surface area contributed by atoms with E-state index in [1.54, 1.807) is 11.8 Å². The van der Waals surface area contributed by atoms with Crippen LogP contribution < -0.4 is 10.7 Å². The van der Waals surface area contributed by atoms with E-state index in [2.05, 4.69) is 10.7 Å². The van der Waals surface area contributed by atoms with E-state index < -0.39 is 12.0 Å². The van der Waals surface area contributed by atoms with E-state index in [0.29, 0.717) is 5.69 Å². The zero-order chi connectivity index (χ0) is 20.2. The highest BCUT2D eigenvalue weighted by Gasteiger charge is 2.45. The predicted octanol–water partition coefficient (Wildman–Crippen LogP) is 4.81. The normalized spacial score (nSPS) is 18.4. The van der Waals surface area contributed by atoms with Gasteiger partial charge in [0, 0.05) is 10.6 Å². The molecule has 0 radical (unpaired) electrons. The molecule has 3 aromatic carbocycles. The van der Waals surface area contributed by atoms with Gasteiger partial charge in [0.25, 0.3) is 0 Å². The largest absolute Gasteiger partial charge is 0.341 e. The van der Waals surface area contributed by atoms with Gasteiger partial charge in [-0.05, 0) is 41.6 Å². The van der Waals surface area contributed by atoms with Crippen LogP contribution in [0.3, 0.4) is 0 Å². The van der Waals surface area contributed by atoms with Crippen molar-refractivity contribution in [3.05, 3.63) is 96.1 Å². The number of benzene rings is 3. The van der Waals surface area contributed by atoms with E-state index in [-0.39, 0.29) is 11.9 Å². The van der Waals surface area contributed by atoms with Crippen molar-refractivity contribution in [1.82, 2.24) is 10.4 Å². The first-order valence-electron chi connectivity index (χ1n) is 9.32. The van der Waals surface area contributed by atoms with E-state index in [4.69, 9.17) is 0 Å². The number of carbonyl (C=O) groups is 2. The van der Waals surface area contributed by atoms with Crippen molar-refractivity contribution in [2.24, 2.45) is 0 Å². The van der Waals surface area contributed by atoms with Crippen LogP contribution in [0.5, 0.6) is 0 Å². The van der Waals surface area contributed by atoms with Gasteiger partial charge in [-0.15, -0.1) is 11.8 Å².